The van der Waals surface area contributed by atoms with E-state index in [0.717, 1.165) is 37.2 Å². The summed E-state index contributed by atoms with van der Waals surface area (Å²) in [6.45, 7) is 2.11. The number of likely N-dealkylation sites (tertiary alicyclic amines) is 1. The maximum absolute atomic E-state index is 12.2. The third-order valence-electron chi connectivity index (χ3n) is 4.10. The lowest BCUT2D eigenvalue weighted by molar-refractivity contribution is -0.127. The fourth-order valence-corrected chi connectivity index (χ4v) is 2.59. The van der Waals surface area contributed by atoms with Crippen LogP contribution in [0.4, 0.5) is 0 Å². The van der Waals surface area contributed by atoms with Crippen molar-refractivity contribution in [2.24, 2.45) is 0 Å². The van der Waals surface area contributed by atoms with Crippen LogP contribution < -0.4 is 4.74 Å². The van der Waals surface area contributed by atoms with Gasteiger partial charge in [0.05, 0.1) is 7.11 Å². The van der Waals surface area contributed by atoms with Crippen molar-refractivity contribution in [1.82, 2.24) is 9.80 Å². The summed E-state index contributed by atoms with van der Waals surface area (Å²) in [5.41, 5.74) is 0.972. The normalized spacial score (nSPS) is 17.1. The van der Waals surface area contributed by atoms with E-state index in [-0.39, 0.29) is 5.91 Å². The highest BCUT2D eigenvalue weighted by Crippen LogP contribution is 2.16. The second-order valence-electron chi connectivity index (χ2n) is 5.59. The van der Waals surface area contributed by atoms with Crippen LogP contribution in [-0.2, 0) is 4.79 Å². The highest BCUT2D eigenvalue weighted by Gasteiger charge is 2.22. The number of piperidine rings is 1. The number of carbonyl (C=O) groups is 1. The Hall–Kier alpha value is -1.81. The molecule has 1 aliphatic rings. The molecule has 0 bridgehead atoms. The van der Waals surface area contributed by atoms with E-state index >= 15 is 0 Å². The van der Waals surface area contributed by atoms with E-state index in [1.165, 1.54) is 0 Å². The van der Waals surface area contributed by atoms with E-state index in [0.29, 0.717) is 6.04 Å². The molecule has 0 atom stereocenters. The Kier molecular flexibility index (Phi) is 5.39. The van der Waals surface area contributed by atoms with Crippen molar-refractivity contribution in [2.75, 3.05) is 34.3 Å². The summed E-state index contributed by atoms with van der Waals surface area (Å²) in [5, 5.41) is 0. The number of nitrogens with zero attached hydrogens (tertiary/aromatic N) is 2. The van der Waals surface area contributed by atoms with E-state index in [1.54, 1.807) is 13.2 Å². The van der Waals surface area contributed by atoms with Gasteiger partial charge in [0.15, 0.2) is 0 Å². The third-order valence-corrected chi connectivity index (χ3v) is 4.10. The van der Waals surface area contributed by atoms with E-state index < -0.39 is 0 Å². The molecule has 0 unspecified atom stereocenters. The average molecular weight is 288 g/mol. The molecule has 0 aromatic heterocycles. The van der Waals surface area contributed by atoms with E-state index in [2.05, 4.69) is 11.9 Å². The summed E-state index contributed by atoms with van der Waals surface area (Å²) < 4.78 is 5.18. The molecule has 2 rings (SSSR count). The van der Waals surface area contributed by atoms with E-state index in [4.69, 9.17) is 4.74 Å². The first kappa shape index (κ1) is 15.6. The van der Waals surface area contributed by atoms with Crippen molar-refractivity contribution < 1.29 is 9.53 Å². The Morgan fingerprint density at radius 3 is 2.76 bits per heavy atom. The Bertz CT molecular complexity index is 505. The molecule has 4 heteroatoms. The lowest BCUT2D eigenvalue weighted by Gasteiger charge is -2.34. The van der Waals surface area contributed by atoms with Crippen LogP contribution >= 0.6 is 0 Å². The first-order chi connectivity index (χ1) is 10.1. The minimum Gasteiger partial charge on any atom is -0.497 e. The maximum Gasteiger partial charge on any atom is 0.246 e. The summed E-state index contributed by atoms with van der Waals surface area (Å²) in [4.78, 5) is 16.4. The quantitative estimate of drug-likeness (QED) is 0.797. The molecule has 1 aliphatic heterocycles. The zero-order valence-corrected chi connectivity index (χ0v) is 13.1. The van der Waals surface area contributed by atoms with Gasteiger partial charge in [-0.05, 0) is 56.8 Å². The van der Waals surface area contributed by atoms with Gasteiger partial charge in [-0.15, -0.1) is 0 Å². The second-order valence-corrected chi connectivity index (χ2v) is 5.59. The lowest BCUT2D eigenvalue weighted by Crippen LogP contribution is -2.43. The van der Waals surface area contributed by atoms with Crippen LogP contribution in [0, 0.1) is 0 Å². The molecule has 0 spiro atoms. The molecule has 1 amide bonds. The van der Waals surface area contributed by atoms with Gasteiger partial charge >= 0.3 is 0 Å². The van der Waals surface area contributed by atoms with Gasteiger partial charge in [0.1, 0.15) is 5.75 Å². The minimum absolute atomic E-state index is 0.0624. The van der Waals surface area contributed by atoms with Gasteiger partial charge in [0, 0.05) is 19.2 Å². The molecule has 0 radical (unpaired) electrons. The van der Waals surface area contributed by atoms with Crippen molar-refractivity contribution in [2.45, 2.75) is 18.9 Å². The van der Waals surface area contributed by atoms with Gasteiger partial charge in [-0.1, -0.05) is 12.1 Å². The van der Waals surface area contributed by atoms with Gasteiger partial charge < -0.3 is 14.5 Å². The lowest BCUT2D eigenvalue weighted by atomic mass is 10.0. The predicted octanol–water partition coefficient (Wildman–Crippen LogP) is 2.26. The molecular formula is C17H24N2O2. The van der Waals surface area contributed by atoms with Gasteiger partial charge in [-0.2, -0.15) is 0 Å². The van der Waals surface area contributed by atoms with Crippen LogP contribution in [-0.4, -0.2) is 56.0 Å². The fraction of sp³-hybridized carbons (Fsp3) is 0.471. The second kappa shape index (κ2) is 7.27. The number of amides is 1. The minimum atomic E-state index is 0.0624. The summed E-state index contributed by atoms with van der Waals surface area (Å²) in [6.07, 6.45) is 5.58. The molecule has 1 saturated heterocycles. The van der Waals surface area contributed by atoms with Crippen LogP contribution in [0.1, 0.15) is 18.4 Å². The summed E-state index contributed by atoms with van der Waals surface area (Å²) in [5.74, 6) is 0.862. The maximum atomic E-state index is 12.2. The van der Waals surface area contributed by atoms with Crippen LogP contribution in [0.15, 0.2) is 30.3 Å². The first-order valence-electron chi connectivity index (χ1n) is 7.37. The Balaban J connectivity index is 1.94. The Morgan fingerprint density at radius 2 is 2.10 bits per heavy atom. The van der Waals surface area contributed by atoms with Gasteiger partial charge in [0.2, 0.25) is 5.91 Å². The number of rotatable bonds is 4. The highest BCUT2D eigenvalue weighted by atomic mass is 16.5. The molecule has 0 saturated carbocycles. The van der Waals surface area contributed by atoms with Crippen molar-refractivity contribution in [3.8, 4) is 5.75 Å². The molecule has 1 aromatic rings. The fourth-order valence-electron chi connectivity index (χ4n) is 2.59. The summed E-state index contributed by atoms with van der Waals surface area (Å²) in [7, 11) is 5.66. The van der Waals surface area contributed by atoms with Gasteiger partial charge in [-0.3, -0.25) is 4.79 Å². The van der Waals surface area contributed by atoms with Crippen LogP contribution in [0.25, 0.3) is 6.08 Å². The number of methoxy groups -OCH3 is 1. The number of hydrogen-bond acceptors (Lipinski definition) is 3. The summed E-state index contributed by atoms with van der Waals surface area (Å²) in [6, 6.07) is 8.04. The average Bonchev–Trinajstić information content (AvgIpc) is 2.53. The Morgan fingerprint density at radius 1 is 1.38 bits per heavy atom. The number of hydrogen-bond donors (Lipinski definition) is 0. The van der Waals surface area contributed by atoms with Gasteiger partial charge in [-0.25, -0.2) is 0 Å². The largest absolute Gasteiger partial charge is 0.497 e. The number of benzene rings is 1. The molecule has 0 aliphatic carbocycles. The molecule has 1 aromatic carbocycles. The van der Waals surface area contributed by atoms with E-state index in [1.807, 2.05) is 42.3 Å². The van der Waals surface area contributed by atoms with E-state index in [9.17, 15) is 4.79 Å². The Labute approximate surface area is 127 Å². The van der Waals surface area contributed by atoms with Crippen LogP contribution in [0.2, 0.25) is 0 Å². The molecule has 114 valence electrons. The van der Waals surface area contributed by atoms with Crippen molar-refractivity contribution in [3.05, 3.63) is 35.9 Å². The molecule has 21 heavy (non-hydrogen) atoms. The zero-order chi connectivity index (χ0) is 15.2. The highest BCUT2D eigenvalue weighted by molar-refractivity contribution is 5.91. The van der Waals surface area contributed by atoms with Crippen molar-refractivity contribution in [1.29, 1.82) is 0 Å². The first-order valence-corrected chi connectivity index (χ1v) is 7.37. The van der Waals surface area contributed by atoms with Crippen LogP contribution in [0.3, 0.4) is 0 Å². The summed E-state index contributed by atoms with van der Waals surface area (Å²) >= 11 is 0. The molecule has 1 heterocycles. The number of ether oxygens (including phenoxy) is 1. The SMILES string of the molecule is COc1cccc(/C=C/C(=O)N(C)C2CCN(C)CC2)c1. The molecule has 1 fully saturated rings. The standard InChI is InChI=1S/C17H24N2O2/c1-18-11-9-15(10-12-18)19(2)17(20)8-7-14-5-4-6-16(13-14)21-3/h4-8,13,15H,9-12H2,1-3H3/b8-7+. The van der Waals surface area contributed by atoms with Crippen LogP contribution in [0.5, 0.6) is 5.75 Å². The third kappa shape index (κ3) is 4.33. The molecular weight excluding hydrogens is 264 g/mol. The number of likely N-dealkylation sites (N-methyl/N-ethyl adjacent to an activating group) is 1. The topological polar surface area (TPSA) is 32.8 Å². The monoisotopic (exact) mass is 288 g/mol. The smallest absolute Gasteiger partial charge is 0.246 e. The van der Waals surface area contributed by atoms with Crippen molar-refractivity contribution >= 4 is 12.0 Å². The molecule has 4 nitrogen and oxygen atoms in total. The van der Waals surface area contributed by atoms with Gasteiger partial charge in [0.25, 0.3) is 0 Å². The van der Waals surface area contributed by atoms with Crippen molar-refractivity contribution in [3.63, 3.8) is 0 Å². The molecule has 0 N–H and O–H groups in total. The predicted molar refractivity (Wildman–Crippen MR) is 85.3 cm³/mol. The number of carbonyl (C=O) groups excluding carboxylic acids is 1. The zero-order valence-electron chi connectivity index (χ0n) is 13.1.